The molecule has 0 aliphatic carbocycles. The van der Waals surface area contributed by atoms with E-state index >= 15 is 0 Å². The van der Waals surface area contributed by atoms with Gasteiger partial charge in [0.1, 0.15) is 13.1 Å². The van der Waals surface area contributed by atoms with Gasteiger partial charge in [-0.3, -0.25) is 9.36 Å². The number of aromatic nitrogens is 2. The third kappa shape index (κ3) is 4.40. The van der Waals surface area contributed by atoms with E-state index in [2.05, 4.69) is 11.1 Å². The molecule has 1 atom stereocenters. The molecular weight excluding hydrogens is 336 g/mol. The highest BCUT2D eigenvalue weighted by Gasteiger charge is 2.16. The third-order valence-electron chi connectivity index (χ3n) is 4.40. The molecule has 3 rings (SSSR count). The molecule has 1 fully saturated rings. The van der Waals surface area contributed by atoms with Crippen molar-refractivity contribution in [3.05, 3.63) is 34.6 Å². The van der Waals surface area contributed by atoms with Crippen LogP contribution >= 0.6 is 11.8 Å². The molecule has 6 nitrogen and oxygen atoms in total. The third-order valence-corrected chi connectivity index (χ3v) is 5.38. The minimum absolute atomic E-state index is 0.0183. The summed E-state index contributed by atoms with van der Waals surface area (Å²) in [4.78, 5) is 19.1. The van der Waals surface area contributed by atoms with Crippen molar-refractivity contribution < 1.29 is 9.64 Å². The Morgan fingerprint density at radius 1 is 1.40 bits per heavy atom. The average molecular weight is 359 g/mol. The molecule has 1 aliphatic rings. The number of quaternary nitrogens is 1. The van der Waals surface area contributed by atoms with Crippen LogP contribution in [0.1, 0.15) is 13.3 Å². The van der Waals surface area contributed by atoms with Crippen molar-refractivity contribution in [2.75, 3.05) is 32.8 Å². The van der Waals surface area contributed by atoms with Crippen LogP contribution in [0.3, 0.4) is 0 Å². The molecule has 0 bridgehead atoms. The molecule has 25 heavy (non-hydrogen) atoms. The first-order chi connectivity index (χ1) is 12.2. The second kappa shape index (κ2) is 8.48. The lowest BCUT2D eigenvalue weighted by molar-refractivity contribution is -0.908. The summed E-state index contributed by atoms with van der Waals surface area (Å²) in [5.41, 5.74) is 0.672. The number of nitriles is 1. The van der Waals surface area contributed by atoms with Crippen molar-refractivity contribution in [3.8, 4) is 6.07 Å². The number of para-hydroxylation sites is 1. The summed E-state index contributed by atoms with van der Waals surface area (Å²) in [7, 11) is 0. The molecule has 2 heterocycles. The zero-order valence-electron chi connectivity index (χ0n) is 14.4. The second-order valence-electron chi connectivity index (χ2n) is 6.22. The zero-order chi connectivity index (χ0) is 17.6. The molecule has 1 aliphatic heterocycles. The van der Waals surface area contributed by atoms with Crippen LogP contribution in [0.25, 0.3) is 10.9 Å². The first-order valence-corrected chi connectivity index (χ1v) is 9.54. The van der Waals surface area contributed by atoms with E-state index in [-0.39, 0.29) is 10.8 Å². The Kier molecular flexibility index (Phi) is 6.08. The fourth-order valence-electron chi connectivity index (χ4n) is 3.02. The molecule has 0 saturated carbocycles. The smallest absolute Gasteiger partial charge is 0.262 e. The zero-order valence-corrected chi connectivity index (χ0v) is 15.2. The van der Waals surface area contributed by atoms with Gasteiger partial charge in [-0.1, -0.05) is 23.9 Å². The molecule has 0 radical (unpaired) electrons. The maximum atomic E-state index is 12.9. The van der Waals surface area contributed by atoms with Crippen molar-refractivity contribution in [1.29, 1.82) is 5.26 Å². The van der Waals surface area contributed by atoms with Crippen molar-refractivity contribution in [2.45, 2.75) is 30.3 Å². The summed E-state index contributed by atoms with van der Waals surface area (Å²) < 4.78 is 7.12. The van der Waals surface area contributed by atoms with Crippen molar-refractivity contribution >= 4 is 22.7 Å². The fraction of sp³-hybridized carbons (Fsp3) is 0.500. The standard InChI is InChI=1S/C18H22N4O2S/c1-14(13-19)25-18-20-16-6-3-2-5-15(16)17(23)22(18)8-4-7-21-9-11-24-12-10-21/h2-3,5-6,14H,4,7-12H2,1H3/p+1/t14-/m0/s1. The van der Waals surface area contributed by atoms with Crippen LogP contribution in [0, 0.1) is 11.3 Å². The van der Waals surface area contributed by atoms with Crippen LogP contribution in [0.4, 0.5) is 0 Å². The molecule has 7 heteroatoms. The molecule has 132 valence electrons. The minimum atomic E-state index is -0.246. The Balaban J connectivity index is 1.83. The molecule has 1 N–H and O–H groups in total. The monoisotopic (exact) mass is 359 g/mol. The predicted octanol–water partition coefficient (Wildman–Crippen LogP) is 0.706. The van der Waals surface area contributed by atoms with Gasteiger partial charge in [-0.05, 0) is 19.1 Å². The summed E-state index contributed by atoms with van der Waals surface area (Å²) in [6.07, 6.45) is 0.907. The lowest BCUT2D eigenvalue weighted by Gasteiger charge is -2.24. The number of rotatable bonds is 6. The molecule has 0 unspecified atom stereocenters. The van der Waals surface area contributed by atoms with Crippen LogP contribution in [0.5, 0.6) is 0 Å². The number of nitrogens with zero attached hydrogens (tertiary/aromatic N) is 3. The topological polar surface area (TPSA) is 72.3 Å². The summed E-state index contributed by atoms with van der Waals surface area (Å²) in [6, 6.07) is 9.61. The maximum Gasteiger partial charge on any atom is 0.262 e. The predicted molar refractivity (Wildman–Crippen MR) is 97.9 cm³/mol. The van der Waals surface area contributed by atoms with E-state index in [1.807, 2.05) is 31.2 Å². The highest BCUT2D eigenvalue weighted by atomic mass is 32.2. The Bertz CT molecular complexity index is 824. The van der Waals surface area contributed by atoms with Gasteiger partial charge < -0.3 is 9.64 Å². The molecule has 2 aromatic rings. The van der Waals surface area contributed by atoms with E-state index in [0.29, 0.717) is 22.6 Å². The van der Waals surface area contributed by atoms with Crippen LogP contribution in [0.2, 0.25) is 0 Å². The van der Waals surface area contributed by atoms with Gasteiger partial charge in [0.05, 0.1) is 42.0 Å². The van der Waals surface area contributed by atoms with Gasteiger partial charge in [0.15, 0.2) is 5.16 Å². The average Bonchev–Trinajstić information content (AvgIpc) is 2.65. The van der Waals surface area contributed by atoms with Gasteiger partial charge >= 0.3 is 0 Å². The number of ether oxygens (including phenoxy) is 1. The van der Waals surface area contributed by atoms with E-state index in [4.69, 9.17) is 10.00 Å². The van der Waals surface area contributed by atoms with Gasteiger partial charge in [-0.25, -0.2) is 4.98 Å². The normalized spacial score (nSPS) is 16.6. The van der Waals surface area contributed by atoms with Gasteiger partial charge in [0.25, 0.3) is 5.56 Å². The number of thioether (sulfide) groups is 1. The van der Waals surface area contributed by atoms with Gasteiger partial charge in [0, 0.05) is 13.0 Å². The second-order valence-corrected chi connectivity index (χ2v) is 7.53. The van der Waals surface area contributed by atoms with Crippen LogP contribution in [-0.4, -0.2) is 47.6 Å². The van der Waals surface area contributed by atoms with Gasteiger partial charge in [0.2, 0.25) is 0 Å². The maximum absolute atomic E-state index is 12.9. The first-order valence-electron chi connectivity index (χ1n) is 8.66. The quantitative estimate of drug-likeness (QED) is 0.607. The number of hydrogen-bond donors (Lipinski definition) is 1. The fourth-order valence-corrected chi connectivity index (χ4v) is 3.84. The van der Waals surface area contributed by atoms with Gasteiger partial charge in [-0.2, -0.15) is 5.26 Å². The van der Waals surface area contributed by atoms with E-state index in [1.165, 1.54) is 16.7 Å². The van der Waals surface area contributed by atoms with Gasteiger partial charge in [-0.15, -0.1) is 0 Å². The lowest BCUT2D eigenvalue weighted by Crippen LogP contribution is -3.14. The Morgan fingerprint density at radius 3 is 2.92 bits per heavy atom. The van der Waals surface area contributed by atoms with Crippen molar-refractivity contribution in [1.82, 2.24) is 9.55 Å². The molecule has 1 saturated heterocycles. The number of benzene rings is 1. The Labute approximate surface area is 151 Å². The first kappa shape index (κ1) is 17.9. The van der Waals surface area contributed by atoms with E-state index in [9.17, 15) is 4.79 Å². The SMILES string of the molecule is C[C@@H](C#N)Sc1nc2ccccc2c(=O)n1CCC[NH+]1CCOCC1. The summed E-state index contributed by atoms with van der Waals surface area (Å²) in [5.74, 6) is 0. The highest BCUT2D eigenvalue weighted by molar-refractivity contribution is 8.00. The van der Waals surface area contributed by atoms with Crippen LogP contribution < -0.4 is 10.5 Å². The Morgan fingerprint density at radius 2 is 2.16 bits per heavy atom. The number of morpholine rings is 1. The lowest BCUT2D eigenvalue weighted by atomic mass is 10.2. The number of fused-ring (bicyclic) bond motifs is 1. The molecule has 1 aromatic heterocycles. The summed E-state index contributed by atoms with van der Waals surface area (Å²) in [6.45, 7) is 7.15. The van der Waals surface area contributed by atoms with Crippen LogP contribution in [0.15, 0.2) is 34.2 Å². The van der Waals surface area contributed by atoms with Crippen molar-refractivity contribution in [2.24, 2.45) is 0 Å². The van der Waals surface area contributed by atoms with Crippen LogP contribution in [-0.2, 0) is 11.3 Å². The number of hydrogen-bond acceptors (Lipinski definition) is 5. The molecule has 0 spiro atoms. The number of nitrogens with one attached hydrogen (secondary N) is 1. The van der Waals surface area contributed by atoms with Crippen molar-refractivity contribution in [3.63, 3.8) is 0 Å². The van der Waals surface area contributed by atoms with E-state index in [0.717, 1.165) is 39.3 Å². The Hall–Kier alpha value is -1.88. The van der Waals surface area contributed by atoms with E-state index < -0.39 is 0 Å². The molecular formula is C18H23N4O2S+. The molecule has 1 aromatic carbocycles. The molecule has 0 amide bonds. The van der Waals surface area contributed by atoms with E-state index in [1.54, 1.807) is 4.57 Å². The minimum Gasteiger partial charge on any atom is -0.370 e. The largest absolute Gasteiger partial charge is 0.370 e. The highest BCUT2D eigenvalue weighted by Crippen LogP contribution is 2.22. The summed E-state index contributed by atoms with van der Waals surface area (Å²) in [5, 5.41) is 10.1. The summed E-state index contributed by atoms with van der Waals surface area (Å²) >= 11 is 1.35.